The summed E-state index contributed by atoms with van der Waals surface area (Å²) in [7, 11) is 0. The average Bonchev–Trinajstić information content (AvgIpc) is 2.32. The monoisotopic (exact) mass is 167 g/mol. The molecule has 3 rings (SSSR count). The Bertz CT molecular complexity index is 200. The number of hydrogen-bond acceptors (Lipinski definition) is 2. The highest BCUT2D eigenvalue weighted by atomic mass is 16.5. The molecule has 2 N–H and O–H groups in total. The molecule has 12 heavy (non-hydrogen) atoms. The van der Waals surface area contributed by atoms with E-state index in [2.05, 4.69) is 0 Å². The predicted octanol–water partition coefficient (Wildman–Crippen LogP) is 1.15. The quantitative estimate of drug-likeness (QED) is 0.636. The smallest absolute Gasteiger partial charge is 0.0666 e. The molecule has 1 saturated heterocycles. The summed E-state index contributed by atoms with van der Waals surface area (Å²) in [6.07, 6.45) is 6.06. The molecule has 3 aliphatic rings. The summed E-state index contributed by atoms with van der Waals surface area (Å²) in [5.74, 6) is 1.63. The van der Waals surface area contributed by atoms with Gasteiger partial charge in [0.25, 0.3) is 0 Å². The molecule has 2 saturated carbocycles. The molecule has 2 aliphatic carbocycles. The maximum atomic E-state index is 5.82. The van der Waals surface area contributed by atoms with Crippen LogP contribution in [-0.2, 0) is 4.74 Å². The predicted molar refractivity (Wildman–Crippen MR) is 46.7 cm³/mol. The molecule has 0 aromatic rings. The van der Waals surface area contributed by atoms with Gasteiger partial charge in [-0.3, -0.25) is 0 Å². The van der Waals surface area contributed by atoms with Gasteiger partial charge >= 0.3 is 0 Å². The van der Waals surface area contributed by atoms with E-state index in [0.29, 0.717) is 11.5 Å². The molecule has 0 aromatic carbocycles. The highest BCUT2D eigenvalue weighted by Crippen LogP contribution is 2.66. The van der Waals surface area contributed by atoms with E-state index in [-0.39, 0.29) is 0 Å². The lowest BCUT2D eigenvalue weighted by atomic mass is 9.43. The number of hydrogen-bond donors (Lipinski definition) is 1. The van der Waals surface area contributed by atoms with E-state index in [0.717, 1.165) is 25.0 Å². The van der Waals surface area contributed by atoms with Crippen LogP contribution in [0.4, 0.5) is 0 Å². The molecule has 3 atom stereocenters. The minimum absolute atomic E-state index is 0.565. The number of rotatable bonds is 1. The van der Waals surface area contributed by atoms with Crippen molar-refractivity contribution in [3.8, 4) is 0 Å². The lowest BCUT2D eigenvalue weighted by Gasteiger charge is -2.63. The first kappa shape index (κ1) is 7.34. The largest absolute Gasteiger partial charge is 0.377 e. The van der Waals surface area contributed by atoms with Crippen LogP contribution in [0, 0.1) is 17.3 Å². The Labute approximate surface area is 73.5 Å². The summed E-state index contributed by atoms with van der Waals surface area (Å²) in [5, 5.41) is 0. The highest BCUT2D eigenvalue weighted by Gasteiger charge is 2.65. The number of fused-ring (bicyclic) bond motifs is 2. The van der Waals surface area contributed by atoms with Crippen LogP contribution in [0.5, 0.6) is 0 Å². The van der Waals surface area contributed by atoms with Crippen LogP contribution >= 0.6 is 0 Å². The van der Waals surface area contributed by atoms with Gasteiger partial charge in [0.1, 0.15) is 0 Å². The topological polar surface area (TPSA) is 35.2 Å². The van der Waals surface area contributed by atoms with Gasteiger partial charge in [0.2, 0.25) is 0 Å². The summed E-state index contributed by atoms with van der Waals surface area (Å²) in [6.45, 7) is 1.89. The van der Waals surface area contributed by atoms with Crippen LogP contribution in [-0.4, -0.2) is 19.3 Å². The second kappa shape index (κ2) is 2.24. The maximum absolute atomic E-state index is 5.82. The molecule has 0 bridgehead atoms. The van der Waals surface area contributed by atoms with Gasteiger partial charge in [-0.05, 0) is 37.6 Å². The number of ether oxygens (including phenoxy) is 1. The zero-order chi connectivity index (χ0) is 8.18. The van der Waals surface area contributed by atoms with Gasteiger partial charge in [-0.25, -0.2) is 0 Å². The summed E-state index contributed by atoms with van der Waals surface area (Å²) in [5.41, 5.74) is 6.38. The zero-order valence-electron chi connectivity index (χ0n) is 7.46. The fraction of sp³-hybridized carbons (Fsp3) is 1.00. The Kier molecular flexibility index (Phi) is 1.37. The average molecular weight is 167 g/mol. The zero-order valence-corrected chi connectivity index (χ0v) is 7.46. The van der Waals surface area contributed by atoms with Gasteiger partial charge in [0.15, 0.2) is 0 Å². The van der Waals surface area contributed by atoms with Crippen molar-refractivity contribution in [2.75, 3.05) is 13.2 Å². The van der Waals surface area contributed by atoms with Crippen LogP contribution in [0.3, 0.4) is 0 Å². The fourth-order valence-electron chi connectivity index (χ4n) is 3.78. The van der Waals surface area contributed by atoms with Gasteiger partial charge < -0.3 is 10.5 Å². The first-order chi connectivity index (χ1) is 5.88. The molecular formula is C10H17NO. The Morgan fingerprint density at radius 3 is 2.83 bits per heavy atom. The van der Waals surface area contributed by atoms with Gasteiger partial charge in [0.05, 0.1) is 6.10 Å². The second-order valence-corrected chi connectivity index (χ2v) is 4.67. The first-order valence-electron chi connectivity index (χ1n) is 5.20. The third kappa shape index (κ3) is 0.612. The summed E-state index contributed by atoms with van der Waals surface area (Å²) < 4.78 is 5.79. The Hall–Kier alpha value is -0.0800. The minimum Gasteiger partial charge on any atom is -0.377 e. The molecule has 0 amide bonds. The molecule has 68 valence electrons. The molecule has 0 radical (unpaired) electrons. The standard InChI is InChI=1S/C10H17NO/c11-6-8-7-2-5-12-9(7)10(8)3-1-4-10/h7-9H,1-6,11H2/t7-,8-,9+/m1/s1. The third-order valence-electron chi connectivity index (χ3n) is 4.50. The van der Waals surface area contributed by atoms with Gasteiger partial charge in [-0.2, -0.15) is 0 Å². The molecule has 0 unspecified atom stereocenters. The van der Waals surface area contributed by atoms with Crippen molar-refractivity contribution in [2.24, 2.45) is 23.0 Å². The van der Waals surface area contributed by atoms with Crippen LogP contribution in [0.2, 0.25) is 0 Å². The van der Waals surface area contributed by atoms with Gasteiger partial charge in [-0.1, -0.05) is 6.42 Å². The van der Waals surface area contributed by atoms with Crippen molar-refractivity contribution in [1.82, 2.24) is 0 Å². The first-order valence-corrected chi connectivity index (χ1v) is 5.20. The van der Waals surface area contributed by atoms with E-state index in [9.17, 15) is 0 Å². The minimum atomic E-state index is 0.565. The number of nitrogens with two attached hydrogens (primary N) is 1. The highest BCUT2D eigenvalue weighted by molar-refractivity contribution is 5.14. The van der Waals surface area contributed by atoms with E-state index in [4.69, 9.17) is 10.5 Å². The normalized spacial score (nSPS) is 48.2. The fourth-order valence-corrected chi connectivity index (χ4v) is 3.78. The summed E-state index contributed by atoms with van der Waals surface area (Å²) in [6, 6.07) is 0. The SMILES string of the molecule is NC[C@@H]1[C@H]2CCO[C@@H]2C12CCC2. The van der Waals surface area contributed by atoms with E-state index in [1.54, 1.807) is 0 Å². The molecule has 2 heteroatoms. The van der Waals surface area contributed by atoms with E-state index < -0.39 is 0 Å². The van der Waals surface area contributed by atoms with Crippen molar-refractivity contribution < 1.29 is 4.74 Å². The van der Waals surface area contributed by atoms with E-state index >= 15 is 0 Å². The van der Waals surface area contributed by atoms with Crippen molar-refractivity contribution in [1.29, 1.82) is 0 Å². The molecule has 3 fully saturated rings. The van der Waals surface area contributed by atoms with Gasteiger partial charge in [0, 0.05) is 12.0 Å². The van der Waals surface area contributed by atoms with Crippen molar-refractivity contribution in [3.63, 3.8) is 0 Å². The lowest BCUT2D eigenvalue weighted by molar-refractivity contribution is -0.197. The van der Waals surface area contributed by atoms with Crippen molar-refractivity contribution in [3.05, 3.63) is 0 Å². The van der Waals surface area contributed by atoms with Crippen LogP contribution < -0.4 is 5.73 Å². The van der Waals surface area contributed by atoms with Gasteiger partial charge in [-0.15, -0.1) is 0 Å². The molecule has 2 nitrogen and oxygen atoms in total. The van der Waals surface area contributed by atoms with Crippen LogP contribution in [0.15, 0.2) is 0 Å². The van der Waals surface area contributed by atoms with Crippen LogP contribution in [0.1, 0.15) is 25.7 Å². The van der Waals surface area contributed by atoms with Crippen molar-refractivity contribution in [2.45, 2.75) is 31.8 Å². The Balaban J connectivity index is 1.84. The molecule has 1 aliphatic heterocycles. The molecule has 1 spiro atoms. The summed E-state index contributed by atoms with van der Waals surface area (Å²) in [4.78, 5) is 0. The van der Waals surface area contributed by atoms with Crippen molar-refractivity contribution >= 4 is 0 Å². The molecule has 0 aromatic heterocycles. The summed E-state index contributed by atoms with van der Waals surface area (Å²) >= 11 is 0. The molecular weight excluding hydrogens is 150 g/mol. The second-order valence-electron chi connectivity index (χ2n) is 4.67. The molecule has 1 heterocycles. The maximum Gasteiger partial charge on any atom is 0.0666 e. The lowest BCUT2D eigenvalue weighted by Crippen LogP contribution is -2.64. The third-order valence-corrected chi connectivity index (χ3v) is 4.50. The Morgan fingerprint density at radius 2 is 2.25 bits per heavy atom. The Morgan fingerprint density at radius 1 is 1.42 bits per heavy atom. The van der Waals surface area contributed by atoms with E-state index in [1.807, 2.05) is 0 Å². The van der Waals surface area contributed by atoms with E-state index in [1.165, 1.54) is 25.7 Å². The van der Waals surface area contributed by atoms with Crippen LogP contribution in [0.25, 0.3) is 0 Å².